The topological polar surface area (TPSA) is 51.8 Å². The zero-order chi connectivity index (χ0) is 8.43. The number of nitrogens with two attached hydrogens (primary N) is 1. The van der Waals surface area contributed by atoms with Gasteiger partial charge in [-0.05, 0) is 21.8 Å². The molecule has 0 amide bonds. The lowest BCUT2D eigenvalue weighted by atomic mass is 10.1. The average Bonchev–Trinajstić information content (AvgIpc) is 1.94. The van der Waals surface area contributed by atoms with E-state index >= 15 is 0 Å². The van der Waals surface area contributed by atoms with E-state index in [0.717, 1.165) is 10.2 Å². The molecule has 1 aromatic rings. The number of hydrogen-bond donors (Lipinski definition) is 1. The van der Waals surface area contributed by atoms with Crippen molar-refractivity contribution >= 4 is 21.7 Å². The molecule has 0 aliphatic heterocycles. The van der Waals surface area contributed by atoms with Crippen molar-refractivity contribution in [1.82, 2.24) is 9.97 Å². The molecule has 0 aliphatic rings. The van der Waals surface area contributed by atoms with E-state index < -0.39 is 0 Å². The van der Waals surface area contributed by atoms with Crippen LogP contribution in [0.1, 0.15) is 25.5 Å². The van der Waals surface area contributed by atoms with Crippen molar-refractivity contribution in [3.05, 3.63) is 16.5 Å². The second-order valence-corrected chi connectivity index (χ2v) is 3.41. The summed E-state index contributed by atoms with van der Waals surface area (Å²) in [6, 6.07) is 0. The Morgan fingerprint density at radius 1 is 1.45 bits per heavy atom. The van der Waals surface area contributed by atoms with Crippen molar-refractivity contribution < 1.29 is 0 Å². The monoisotopic (exact) mass is 215 g/mol. The van der Waals surface area contributed by atoms with Gasteiger partial charge in [0.05, 0.1) is 10.2 Å². The van der Waals surface area contributed by atoms with Crippen LogP contribution < -0.4 is 5.73 Å². The highest BCUT2D eigenvalue weighted by Crippen LogP contribution is 2.25. The maximum atomic E-state index is 5.56. The van der Waals surface area contributed by atoms with Crippen LogP contribution >= 0.6 is 15.9 Å². The van der Waals surface area contributed by atoms with Crippen molar-refractivity contribution in [1.29, 1.82) is 0 Å². The molecule has 4 heteroatoms. The molecule has 0 saturated carbocycles. The first-order valence-electron chi connectivity index (χ1n) is 3.38. The number of nitrogen functional groups attached to an aromatic ring is 1. The van der Waals surface area contributed by atoms with E-state index in [2.05, 4.69) is 39.7 Å². The fraction of sp³-hybridized carbons (Fsp3) is 0.429. The average molecular weight is 216 g/mol. The molecule has 0 aliphatic carbocycles. The molecule has 0 saturated heterocycles. The lowest BCUT2D eigenvalue weighted by Crippen LogP contribution is -2.00. The molecule has 0 radical (unpaired) electrons. The first kappa shape index (κ1) is 8.46. The number of anilines is 1. The Morgan fingerprint density at radius 3 is 2.55 bits per heavy atom. The van der Waals surface area contributed by atoms with Gasteiger partial charge in [0.25, 0.3) is 0 Å². The first-order valence-corrected chi connectivity index (χ1v) is 4.18. The van der Waals surface area contributed by atoms with Crippen LogP contribution in [0.4, 0.5) is 5.82 Å². The molecule has 1 aromatic heterocycles. The van der Waals surface area contributed by atoms with Gasteiger partial charge in [0, 0.05) is 0 Å². The minimum Gasteiger partial charge on any atom is -0.383 e. The highest BCUT2D eigenvalue weighted by Gasteiger charge is 2.08. The van der Waals surface area contributed by atoms with Crippen molar-refractivity contribution in [2.24, 2.45) is 0 Å². The third-order valence-corrected chi connectivity index (χ3v) is 2.20. The second kappa shape index (κ2) is 3.17. The van der Waals surface area contributed by atoms with E-state index in [1.165, 1.54) is 6.33 Å². The van der Waals surface area contributed by atoms with Crippen LogP contribution in [0.15, 0.2) is 10.8 Å². The quantitative estimate of drug-likeness (QED) is 0.780. The standard InChI is InChI=1S/C7H10BrN3/c1-4(2)6-5(8)7(9)11-3-10-6/h3-4H,1-2H3,(H2,9,10,11). The number of rotatable bonds is 1. The van der Waals surface area contributed by atoms with Gasteiger partial charge in [-0.1, -0.05) is 13.8 Å². The highest BCUT2D eigenvalue weighted by molar-refractivity contribution is 9.10. The number of nitrogens with zero attached hydrogens (tertiary/aromatic N) is 2. The number of aromatic nitrogens is 2. The van der Waals surface area contributed by atoms with E-state index in [4.69, 9.17) is 5.73 Å². The normalized spacial score (nSPS) is 10.5. The highest BCUT2D eigenvalue weighted by atomic mass is 79.9. The Hall–Kier alpha value is -0.640. The van der Waals surface area contributed by atoms with Gasteiger partial charge in [-0.25, -0.2) is 9.97 Å². The molecule has 0 spiro atoms. The maximum absolute atomic E-state index is 5.56. The van der Waals surface area contributed by atoms with Crippen LogP contribution in [0, 0.1) is 0 Å². The SMILES string of the molecule is CC(C)c1ncnc(N)c1Br. The summed E-state index contributed by atoms with van der Waals surface area (Å²) >= 11 is 3.33. The Balaban J connectivity index is 3.17. The van der Waals surface area contributed by atoms with E-state index in [0.29, 0.717) is 11.7 Å². The minimum absolute atomic E-state index is 0.370. The first-order chi connectivity index (χ1) is 5.13. The van der Waals surface area contributed by atoms with Crippen LogP contribution in [0.5, 0.6) is 0 Å². The summed E-state index contributed by atoms with van der Waals surface area (Å²) in [5.74, 6) is 0.873. The molecular formula is C7H10BrN3. The predicted molar refractivity (Wildman–Crippen MR) is 48.2 cm³/mol. The Labute approximate surface area is 74.2 Å². The molecule has 0 atom stereocenters. The molecule has 3 nitrogen and oxygen atoms in total. The van der Waals surface area contributed by atoms with E-state index in [9.17, 15) is 0 Å². The van der Waals surface area contributed by atoms with Gasteiger partial charge in [-0.3, -0.25) is 0 Å². The van der Waals surface area contributed by atoms with Crippen molar-refractivity contribution in [3.63, 3.8) is 0 Å². The Kier molecular flexibility index (Phi) is 2.44. The van der Waals surface area contributed by atoms with Crippen LogP contribution in [0.25, 0.3) is 0 Å². The molecule has 0 unspecified atom stereocenters. The third kappa shape index (κ3) is 1.68. The van der Waals surface area contributed by atoms with Crippen molar-refractivity contribution in [3.8, 4) is 0 Å². The summed E-state index contributed by atoms with van der Waals surface area (Å²) < 4.78 is 0.815. The number of hydrogen-bond acceptors (Lipinski definition) is 3. The van der Waals surface area contributed by atoms with E-state index in [1.54, 1.807) is 0 Å². The summed E-state index contributed by atoms with van der Waals surface area (Å²) in [6.45, 7) is 4.12. The zero-order valence-electron chi connectivity index (χ0n) is 6.50. The summed E-state index contributed by atoms with van der Waals surface area (Å²) in [7, 11) is 0. The molecule has 11 heavy (non-hydrogen) atoms. The van der Waals surface area contributed by atoms with Crippen LogP contribution in [0.3, 0.4) is 0 Å². The van der Waals surface area contributed by atoms with E-state index in [1.807, 2.05) is 0 Å². The third-order valence-electron chi connectivity index (χ3n) is 1.39. The fourth-order valence-electron chi connectivity index (χ4n) is 0.800. The van der Waals surface area contributed by atoms with E-state index in [-0.39, 0.29) is 0 Å². The largest absolute Gasteiger partial charge is 0.383 e. The second-order valence-electron chi connectivity index (χ2n) is 2.61. The van der Waals surface area contributed by atoms with Crippen LogP contribution in [0.2, 0.25) is 0 Å². The predicted octanol–water partition coefficient (Wildman–Crippen LogP) is 1.94. The maximum Gasteiger partial charge on any atom is 0.141 e. The summed E-state index contributed by atoms with van der Waals surface area (Å²) in [5.41, 5.74) is 6.52. The van der Waals surface area contributed by atoms with Gasteiger partial charge in [-0.2, -0.15) is 0 Å². The molecule has 1 rings (SSSR count). The zero-order valence-corrected chi connectivity index (χ0v) is 8.09. The van der Waals surface area contributed by atoms with Crippen molar-refractivity contribution in [2.45, 2.75) is 19.8 Å². The molecule has 2 N–H and O–H groups in total. The fourth-order valence-corrected chi connectivity index (χ4v) is 1.46. The van der Waals surface area contributed by atoms with Gasteiger partial charge in [0.2, 0.25) is 0 Å². The minimum atomic E-state index is 0.370. The van der Waals surface area contributed by atoms with Gasteiger partial charge < -0.3 is 5.73 Å². The summed E-state index contributed by atoms with van der Waals surface area (Å²) in [4.78, 5) is 7.94. The number of halogens is 1. The van der Waals surface area contributed by atoms with Gasteiger partial charge >= 0.3 is 0 Å². The van der Waals surface area contributed by atoms with Crippen LogP contribution in [-0.2, 0) is 0 Å². The van der Waals surface area contributed by atoms with Gasteiger partial charge in [0.1, 0.15) is 12.1 Å². The van der Waals surface area contributed by atoms with Crippen molar-refractivity contribution in [2.75, 3.05) is 5.73 Å². The smallest absolute Gasteiger partial charge is 0.141 e. The van der Waals surface area contributed by atoms with Crippen LogP contribution in [-0.4, -0.2) is 9.97 Å². The van der Waals surface area contributed by atoms with Gasteiger partial charge in [-0.15, -0.1) is 0 Å². The lowest BCUT2D eigenvalue weighted by molar-refractivity contribution is 0.808. The van der Waals surface area contributed by atoms with Gasteiger partial charge in [0.15, 0.2) is 0 Å². The molecule has 0 bridgehead atoms. The molecule has 0 aromatic carbocycles. The molecule has 0 fully saturated rings. The Morgan fingerprint density at radius 2 is 2.09 bits per heavy atom. The summed E-state index contributed by atoms with van der Waals surface area (Å²) in [6.07, 6.45) is 1.48. The lowest BCUT2D eigenvalue weighted by Gasteiger charge is -2.06. The molecular weight excluding hydrogens is 206 g/mol. The summed E-state index contributed by atoms with van der Waals surface area (Å²) in [5, 5.41) is 0. The molecule has 1 heterocycles. The Bertz CT molecular complexity index is 260. The molecule has 60 valence electrons.